The van der Waals surface area contributed by atoms with E-state index in [1.165, 1.54) is 6.42 Å². The van der Waals surface area contributed by atoms with Gasteiger partial charge in [0.2, 0.25) is 0 Å². The van der Waals surface area contributed by atoms with Gasteiger partial charge in [0.25, 0.3) is 0 Å². The van der Waals surface area contributed by atoms with E-state index in [1.807, 2.05) is 24.3 Å². The standard InChI is InChI=1S/C16H25NO2/c1-12-8-13(2)10-16(9-12,11-18)17-14-6-4-5-7-15(14)19-3/h4-7,12-13,17-18H,8-11H2,1-3H3. The maximum atomic E-state index is 9.90. The summed E-state index contributed by atoms with van der Waals surface area (Å²) in [5.74, 6) is 2.11. The molecule has 0 radical (unpaired) electrons. The molecule has 2 unspecified atom stereocenters. The first-order valence-corrected chi connectivity index (χ1v) is 7.10. The second-order valence-corrected chi connectivity index (χ2v) is 6.12. The van der Waals surface area contributed by atoms with Gasteiger partial charge in [-0.2, -0.15) is 0 Å². The molecule has 3 heteroatoms. The number of nitrogens with one attached hydrogen (secondary N) is 1. The fraction of sp³-hybridized carbons (Fsp3) is 0.625. The quantitative estimate of drug-likeness (QED) is 0.876. The van der Waals surface area contributed by atoms with Gasteiger partial charge in [-0.3, -0.25) is 0 Å². The highest BCUT2D eigenvalue weighted by Crippen LogP contribution is 2.39. The van der Waals surface area contributed by atoms with Crippen LogP contribution in [0.5, 0.6) is 5.75 Å². The number of aliphatic hydroxyl groups is 1. The van der Waals surface area contributed by atoms with Crippen molar-refractivity contribution < 1.29 is 9.84 Å². The first-order valence-electron chi connectivity index (χ1n) is 7.10. The third kappa shape index (κ3) is 3.21. The zero-order valence-corrected chi connectivity index (χ0v) is 12.1. The lowest BCUT2D eigenvalue weighted by Gasteiger charge is -2.43. The lowest BCUT2D eigenvalue weighted by Crippen LogP contribution is -2.48. The van der Waals surface area contributed by atoms with E-state index < -0.39 is 0 Å². The summed E-state index contributed by atoms with van der Waals surface area (Å²) in [6.07, 6.45) is 3.26. The topological polar surface area (TPSA) is 41.5 Å². The van der Waals surface area contributed by atoms with Crippen molar-refractivity contribution in [3.05, 3.63) is 24.3 Å². The third-order valence-corrected chi connectivity index (χ3v) is 4.09. The lowest BCUT2D eigenvalue weighted by atomic mass is 9.72. The Morgan fingerprint density at radius 3 is 2.47 bits per heavy atom. The molecule has 0 bridgehead atoms. The zero-order chi connectivity index (χ0) is 13.9. The van der Waals surface area contributed by atoms with Crippen molar-refractivity contribution in [1.29, 1.82) is 0 Å². The molecule has 19 heavy (non-hydrogen) atoms. The Morgan fingerprint density at radius 2 is 1.89 bits per heavy atom. The molecule has 2 atom stereocenters. The van der Waals surface area contributed by atoms with Crippen molar-refractivity contribution >= 4 is 5.69 Å². The molecule has 1 aromatic carbocycles. The molecule has 0 amide bonds. The van der Waals surface area contributed by atoms with E-state index in [1.54, 1.807) is 7.11 Å². The smallest absolute Gasteiger partial charge is 0.141 e. The van der Waals surface area contributed by atoms with E-state index in [-0.39, 0.29) is 12.1 Å². The van der Waals surface area contributed by atoms with Gasteiger partial charge in [-0.05, 0) is 43.2 Å². The number of hydrogen-bond acceptors (Lipinski definition) is 3. The SMILES string of the molecule is COc1ccccc1NC1(CO)CC(C)CC(C)C1. The fourth-order valence-electron chi connectivity index (χ4n) is 3.58. The van der Waals surface area contributed by atoms with Gasteiger partial charge in [0.1, 0.15) is 5.75 Å². The molecule has 1 fully saturated rings. The molecule has 2 N–H and O–H groups in total. The number of hydrogen-bond donors (Lipinski definition) is 2. The highest BCUT2D eigenvalue weighted by Gasteiger charge is 2.37. The Bertz CT molecular complexity index is 409. The predicted molar refractivity (Wildman–Crippen MR) is 78.6 cm³/mol. The van der Waals surface area contributed by atoms with Gasteiger partial charge in [0, 0.05) is 0 Å². The van der Waals surface area contributed by atoms with Crippen LogP contribution in [0.3, 0.4) is 0 Å². The molecule has 0 spiro atoms. The van der Waals surface area contributed by atoms with E-state index in [9.17, 15) is 5.11 Å². The maximum absolute atomic E-state index is 9.90. The van der Waals surface area contributed by atoms with Crippen molar-refractivity contribution in [2.45, 2.75) is 38.6 Å². The van der Waals surface area contributed by atoms with Crippen LogP contribution in [0.1, 0.15) is 33.1 Å². The second kappa shape index (κ2) is 5.83. The van der Waals surface area contributed by atoms with Gasteiger partial charge in [-0.1, -0.05) is 26.0 Å². The van der Waals surface area contributed by atoms with Crippen molar-refractivity contribution in [3.63, 3.8) is 0 Å². The van der Waals surface area contributed by atoms with E-state index in [0.29, 0.717) is 11.8 Å². The minimum absolute atomic E-state index is 0.166. The van der Waals surface area contributed by atoms with Crippen LogP contribution in [0, 0.1) is 11.8 Å². The molecule has 3 nitrogen and oxygen atoms in total. The third-order valence-electron chi connectivity index (χ3n) is 4.09. The Balaban J connectivity index is 2.22. The highest BCUT2D eigenvalue weighted by atomic mass is 16.5. The molecule has 1 aromatic rings. The molecular formula is C16H25NO2. The van der Waals surface area contributed by atoms with Crippen LogP contribution in [-0.2, 0) is 0 Å². The Kier molecular flexibility index (Phi) is 4.35. The average Bonchev–Trinajstić information content (AvgIpc) is 2.38. The van der Waals surface area contributed by atoms with Gasteiger partial charge in [-0.25, -0.2) is 0 Å². The second-order valence-electron chi connectivity index (χ2n) is 6.12. The molecule has 1 saturated carbocycles. The summed E-state index contributed by atoms with van der Waals surface area (Å²) in [7, 11) is 1.68. The van der Waals surface area contributed by atoms with Crippen molar-refractivity contribution in [1.82, 2.24) is 0 Å². The van der Waals surface area contributed by atoms with Crippen LogP contribution in [0.15, 0.2) is 24.3 Å². The van der Waals surface area contributed by atoms with Crippen molar-refractivity contribution in [3.8, 4) is 5.75 Å². The molecule has 1 aliphatic carbocycles. The molecule has 0 heterocycles. The number of rotatable bonds is 4. The van der Waals surface area contributed by atoms with Crippen molar-refractivity contribution in [2.75, 3.05) is 19.0 Å². The average molecular weight is 263 g/mol. The van der Waals surface area contributed by atoms with Gasteiger partial charge < -0.3 is 15.2 Å². The highest BCUT2D eigenvalue weighted by molar-refractivity contribution is 5.57. The number of para-hydroxylation sites is 2. The number of methoxy groups -OCH3 is 1. The van der Waals surface area contributed by atoms with Crippen LogP contribution >= 0.6 is 0 Å². The van der Waals surface area contributed by atoms with Crippen LogP contribution in [0.4, 0.5) is 5.69 Å². The molecule has 2 rings (SSSR count). The van der Waals surface area contributed by atoms with Crippen LogP contribution in [0.2, 0.25) is 0 Å². The minimum atomic E-state index is -0.217. The molecule has 1 aliphatic rings. The monoisotopic (exact) mass is 263 g/mol. The molecule has 106 valence electrons. The lowest BCUT2D eigenvalue weighted by molar-refractivity contribution is 0.122. The number of ether oxygens (including phenoxy) is 1. The van der Waals surface area contributed by atoms with Crippen LogP contribution < -0.4 is 10.1 Å². The van der Waals surface area contributed by atoms with E-state index in [0.717, 1.165) is 24.3 Å². The summed E-state index contributed by atoms with van der Waals surface area (Å²) in [6, 6.07) is 7.91. The summed E-state index contributed by atoms with van der Waals surface area (Å²) < 4.78 is 5.39. The van der Waals surface area contributed by atoms with E-state index in [4.69, 9.17) is 4.74 Å². The normalized spacial score (nSPS) is 30.9. The summed E-state index contributed by atoms with van der Waals surface area (Å²) in [5.41, 5.74) is 0.756. The fourth-order valence-corrected chi connectivity index (χ4v) is 3.58. The largest absolute Gasteiger partial charge is 0.495 e. The maximum Gasteiger partial charge on any atom is 0.141 e. The molecule has 0 saturated heterocycles. The summed E-state index contributed by atoms with van der Waals surface area (Å²) in [4.78, 5) is 0. The first kappa shape index (κ1) is 14.2. The summed E-state index contributed by atoms with van der Waals surface area (Å²) >= 11 is 0. The number of anilines is 1. The first-order chi connectivity index (χ1) is 9.08. The van der Waals surface area contributed by atoms with Gasteiger partial charge in [-0.15, -0.1) is 0 Å². The minimum Gasteiger partial charge on any atom is -0.495 e. The Morgan fingerprint density at radius 1 is 1.26 bits per heavy atom. The molecular weight excluding hydrogens is 238 g/mol. The molecule has 0 aliphatic heterocycles. The summed E-state index contributed by atoms with van der Waals surface area (Å²) in [5, 5.41) is 13.4. The van der Waals surface area contributed by atoms with E-state index >= 15 is 0 Å². The Labute approximate surface area is 116 Å². The predicted octanol–water partition coefficient (Wildman–Crippen LogP) is 3.29. The number of benzene rings is 1. The Hall–Kier alpha value is -1.22. The summed E-state index contributed by atoms with van der Waals surface area (Å²) in [6.45, 7) is 4.70. The van der Waals surface area contributed by atoms with Gasteiger partial charge in [0.05, 0.1) is 24.9 Å². The van der Waals surface area contributed by atoms with Gasteiger partial charge >= 0.3 is 0 Å². The van der Waals surface area contributed by atoms with E-state index in [2.05, 4.69) is 19.2 Å². The molecule has 0 aromatic heterocycles. The zero-order valence-electron chi connectivity index (χ0n) is 12.1. The van der Waals surface area contributed by atoms with Crippen molar-refractivity contribution in [2.24, 2.45) is 11.8 Å². The van der Waals surface area contributed by atoms with Crippen LogP contribution in [0.25, 0.3) is 0 Å². The number of aliphatic hydroxyl groups excluding tert-OH is 1. The van der Waals surface area contributed by atoms with Crippen LogP contribution in [-0.4, -0.2) is 24.4 Å². The van der Waals surface area contributed by atoms with Gasteiger partial charge in [0.15, 0.2) is 0 Å².